The van der Waals surface area contributed by atoms with Crippen LogP contribution in [0.25, 0.3) is 0 Å². The zero-order valence-corrected chi connectivity index (χ0v) is 12.6. The van der Waals surface area contributed by atoms with Crippen LogP contribution in [-0.2, 0) is 19.9 Å². The molecule has 0 unspecified atom stereocenters. The molecule has 1 aromatic rings. The van der Waals surface area contributed by atoms with Crippen LogP contribution in [0, 0.1) is 11.8 Å². The summed E-state index contributed by atoms with van der Waals surface area (Å²) < 4.78 is 47.8. The highest BCUT2D eigenvalue weighted by atomic mass is 32.2. The van der Waals surface area contributed by atoms with E-state index in [1.165, 1.54) is 0 Å². The van der Waals surface area contributed by atoms with E-state index >= 15 is 0 Å². The Morgan fingerprint density at radius 2 is 1.90 bits per heavy atom. The van der Waals surface area contributed by atoms with Crippen LogP contribution in [0.5, 0.6) is 0 Å². The molecular formula is C12H16N2O4S2. The molecule has 8 heteroatoms. The van der Waals surface area contributed by atoms with Crippen molar-refractivity contribution in [1.29, 1.82) is 0 Å². The molecule has 0 spiro atoms. The third-order valence-corrected chi connectivity index (χ3v) is 4.69. The van der Waals surface area contributed by atoms with E-state index in [2.05, 4.69) is 16.6 Å². The van der Waals surface area contributed by atoms with Gasteiger partial charge in [0.2, 0.25) is 10.0 Å². The van der Waals surface area contributed by atoms with Crippen molar-refractivity contribution in [3.63, 3.8) is 0 Å². The van der Waals surface area contributed by atoms with Gasteiger partial charge in [-0.25, -0.2) is 16.8 Å². The minimum atomic E-state index is -3.71. The van der Waals surface area contributed by atoms with Crippen molar-refractivity contribution < 1.29 is 16.8 Å². The quantitative estimate of drug-likeness (QED) is 0.731. The van der Waals surface area contributed by atoms with E-state index in [1.54, 1.807) is 24.3 Å². The van der Waals surface area contributed by atoms with Crippen LogP contribution in [0.2, 0.25) is 0 Å². The van der Waals surface area contributed by atoms with Crippen LogP contribution < -0.4 is 10.5 Å². The number of anilines is 1. The maximum absolute atomic E-state index is 11.7. The van der Waals surface area contributed by atoms with Crippen LogP contribution in [-0.4, -0.2) is 41.1 Å². The molecule has 0 saturated carbocycles. The molecule has 0 aliphatic rings. The molecular weight excluding hydrogens is 300 g/mol. The number of rotatable bonds is 5. The SMILES string of the molecule is CS(=O)(=O)CCS(=O)(=O)Nc1cccc(C#CCN)c1. The summed E-state index contributed by atoms with van der Waals surface area (Å²) in [6.45, 7) is 0.213. The summed E-state index contributed by atoms with van der Waals surface area (Å²) in [4.78, 5) is 0. The van der Waals surface area contributed by atoms with E-state index in [1.807, 2.05) is 0 Å². The monoisotopic (exact) mass is 316 g/mol. The lowest BCUT2D eigenvalue weighted by Gasteiger charge is -2.07. The molecule has 0 radical (unpaired) electrons. The molecule has 110 valence electrons. The van der Waals surface area contributed by atoms with Gasteiger partial charge in [0.25, 0.3) is 0 Å². The minimum absolute atomic E-state index is 0.213. The summed E-state index contributed by atoms with van der Waals surface area (Å²) in [7, 11) is -7.03. The van der Waals surface area contributed by atoms with Crippen molar-refractivity contribution >= 4 is 25.5 Å². The largest absolute Gasteiger partial charge is 0.320 e. The third kappa shape index (κ3) is 6.56. The van der Waals surface area contributed by atoms with Crippen LogP contribution in [0.1, 0.15) is 5.56 Å². The number of sulfonamides is 1. The Kier molecular flexibility index (Phi) is 5.56. The van der Waals surface area contributed by atoms with Crippen molar-refractivity contribution in [1.82, 2.24) is 0 Å². The van der Waals surface area contributed by atoms with Gasteiger partial charge in [-0.15, -0.1) is 0 Å². The lowest BCUT2D eigenvalue weighted by molar-refractivity contribution is 0.593. The normalized spacial score (nSPS) is 11.5. The summed E-state index contributed by atoms with van der Waals surface area (Å²) in [5.41, 5.74) is 6.21. The minimum Gasteiger partial charge on any atom is -0.320 e. The van der Waals surface area contributed by atoms with Gasteiger partial charge in [-0.3, -0.25) is 4.72 Å². The highest BCUT2D eigenvalue weighted by Crippen LogP contribution is 2.12. The molecule has 3 N–H and O–H groups in total. The lowest BCUT2D eigenvalue weighted by Crippen LogP contribution is -2.22. The molecule has 0 saturated heterocycles. The van der Waals surface area contributed by atoms with Gasteiger partial charge in [-0.05, 0) is 18.2 Å². The Morgan fingerprint density at radius 3 is 2.50 bits per heavy atom. The Hall–Kier alpha value is -1.56. The first-order chi connectivity index (χ1) is 9.22. The second-order valence-corrected chi connectivity index (χ2v) is 8.24. The molecule has 0 atom stereocenters. The van der Waals surface area contributed by atoms with Gasteiger partial charge < -0.3 is 5.73 Å². The number of hydrogen-bond donors (Lipinski definition) is 2. The summed E-state index contributed by atoms with van der Waals surface area (Å²) in [5, 5.41) is 0. The second-order valence-electron chi connectivity index (χ2n) is 4.14. The maximum atomic E-state index is 11.7. The molecule has 0 bridgehead atoms. The van der Waals surface area contributed by atoms with E-state index in [-0.39, 0.29) is 6.54 Å². The fourth-order valence-corrected chi connectivity index (χ4v) is 3.98. The molecule has 1 aromatic carbocycles. The Balaban J connectivity index is 2.82. The van der Waals surface area contributed by atoms with Gasteiger partial charge in [0.15, 0.2) is 0 Å². The van der Waals surface area contributed by atoms with E-state index in [4.69, 9.17) is 5.73 Å². The number of nitrogens with two attached hydrogens (primary N) is 1. The van der Waals surface area contributed by atoms with Crippen LogP contribution in [0.3, 0.4) is 0 Å². The molecule has 1 rings (SSSR count). The Bertz CT molecular complexity index is 728. The highest BCUT2D eigenvalue weighted by Gasteiger charge is 2.14. The molecule has 20 heavy (non-hydrogen) atoms. The second kappa shape index (κ2) is 6.74. The van der Waals surface area contributed by atoms with Crippen LogP contribution in [0.4, 0.5) is 5.69 Å². The lowest BCUT2D eigenvalue weighted by atomic mass is 10.2. The zero-order valence-electron chi connectivity index (χ0n) is 11.0. The van der Waals surface area contributed by atoms with Crippen molar-refractivity contribution in [2.75, 3.05) is 29.0 Å². The number of nitrogens with one attached hydrogen (secondary N) is 1. The fraction of sp³-hybridized carbons (Fsp3) is 0.333. The summed E-state index contributed by atoms with van der Waals surface area (Å²) in [5.74, 6) is 4.54. The standard InChI is InChI=1S/C12H16N2O4S2/c1-19(15,16)8-9-20(17,18)14-12-6-2-4-11(10-12)5-3-7-13/h2,4,6,10,14H,7-9,13H2,1H3. The van der Waals surface area contributed by atoms with Crippen molar-refractivity contribution in [2.45, 2.75) is 0 Å². The van der Waals surface area contributed by atoms with Crippen LogP contribution in [0.15, 0.2) is 24.3 Å². The zero-order chi connectivity index (χ0) is 15.2. The van der Waals surface area contributed by atoms with E-state index in [0.29, 0.717) is 11.3 Å². The van der Waals surface area contributed by atoms with Gasteiger partial charge in [-0.2, -0.15) is 0 Å². The predicted octanol–water partition coefficient (Wildman–Crippen LogP) is -0.217. The van der Waals surface area contributed by atoms with E-state index < -0.39 is 31.4 Å². The molecule has 0 aliphatic heterocycles. The van der Waals surface area contributed by atoms with Gasteiger partial charge in [0.1, 0.15) is 9.84 Å². The van der Waals surface area contributed by atoms with Crippen molar-refractivity contribution in [3.8, 4) is 11.8 Å². The van der Waals surface area contributed by atoms with Crippen molar-refractivity contribution in [3.05, 3.63) is 29.8 Å². The highest BCUT2D eigenvalue weighted by molar-refractivity contribution is 7.95. The first-order valence-corrected chi connectivity index (χ1v) is 9.40. The molecule has 0 heterocycles. The fourth-order valence-electron chi connectivity index (χ4n) is 1.31. The Morgan fingerprint density at radius 1 is 1.20 bits per heavy atom. The third-order valence-electron chi connectivity index (χ3n) is 2.19. The summed E-state index contributed by atoms with van der Waals surface area (Å²) >= 11 is 0. The van der Waals surface area contributed by atoms with E-state index in [9.17, 15) is 16.8 Å². The van der Waals surface area contributed by atoms with Gasteiger partial charge in [0, 0.05) is 17.5 Å². The smallest absolute Gasteiger partial charge is 0.233 e. The predicted molar refractivity (Wildman–Crippen MR) is 79.5 cm³/mol. The first kappa shape index (κ1) is 16.5. The molecule has 0 aliphatic carbocycles. The summed E-state index contributed by atoms with van der Waals surface area (Å²) in [6.07, 6.45) is 0.992. The van der Waals surface area contributed by atoms with Gasteiger partial charge in [0.05, 0.1) is 18.1 Å². The molecule has 0 aromatic heterocycles. The van der Waals surface area contributed by atoms with Gasteiger partial charge in [-0.1, -0.05) is 17.9 Å². The number of benzene rings is 1. The van der Waals surface area contributed by atoms with Crippen molar-refractivity contribution in [2.24, 2.45) is 5.73 Å². The number of sulfone groups is 1. The molecule has 0 amide bonds. The number of hydrogen-bond acceptors (Lipinski definition) is 5. The van der Waals surface area contributed by atoms with Gasteiger partial charge >= 0.3 is 0 Å². The summed E-state index contributed by atoms with van der Waals surface area (Å²) in [6, 6.07) is 6.48. The average Bonchev–Trinajstić information content (AvgIpc) is 2.33. The maximum Gasteiger partial charge on any atom is 0.233 e. The Labute approximate surface area is 119 Å². The molecule has 0 fully saturated rings. The first-order valence-electron chi connectivity index (χ1n) is 5.69. The molecule has 6 nitrogen and oxygen atoms in total. The average molecular weight is 316 g/mol. The van der Waals surface area contributed by atoms with E-state index in [0.717, 1.165) is 6.26 Å². The van der Waals surface area contributed by atoms with Crippen LogP contribution >= 0.6 is 0 Å². The topological polar surface area (TPSA) is 106 Å².